The van der Waals surface area contributed by atoms with Gasteiger partial charge in [0.1, 0.15) is 0 Å². The summed E-state index contributed by atoms with van der Waals surface area (Å²) in [6.07, 6.45) is 1.26. The standard InChI is InChI=1S/C23H29N5O5.C7H6Cl2/c1-15(2)24-23-25-19-12-26(14-29)9-8-18(19)21(30)28(23)17-6-4-16(5-7-17)27-10-11-33-13-20(27)22(31)32-3;1-5-2-3-6(8)7(9)4-5/h4-7,14-15,20H,8-13H2,1-3H3,(H,24,25);2-4H,1H3. The molecule has 0 spiro atoms. The third kappa shape index (κ3) is 7.24. The van der Waals surface area contributed by atoms with Crippen LogP contribution in [0.2, 0.25) is 10.0 Å². The molecule has 1 aromatic heterocycles. The third-order valence-corrected chi connectivity index (χ3v) is 7.69. The van der Waals surface area contributed by atoms with Crippen LogP contribution in [0.4, 0.5) is 11.6 Å². The number of benzene rings is 2. The predicted molar refractivity (Wildman–Crippen MR) is 164 cm³/mol. The van der Waals surface area contributed by atoms with Crippen LogP contribution in [-0.2, 0) is 32.0 Å². The van der Waals surface area contributed by atoms with Gasteiger partial charge in [-0.3, -0.25) is 9.59 Å². The first-order chi connectivity index (χ1) is 20.1. The Morgan fingerprint density at radius 1 is 1.12 bits per heavy atom. The van der Waals surface area contributed by atoms with Gasteiger partial charge in [-0.1, -0.05) is 29.3 Å². The number of aryl methyl sites for hydroxylation is 1. The molecule has 1 fully saturated rings. The minimum Gasteiger partial charge on any atom is -0.467 e. The van der Waals surface area contributed by atoms with Crippen molar-refractivity contribution in [3.8, 4) is 5.69 Å². The van der Waals surface area contributed by atoms with Gasteiger partial charge in [0.15, 0.2) is 6.04 Å². The summed E-state index contributed by atoms with van der Waals surface area (Å²) in [5.41, 5.74) is 3.76. The lowest BCUT2D eigenvalue weighted by Gasteiger charge is -2.35. The maximum atomic E-state index is 13.5. The van der Waals surface area contributed by atoms with E-state index < -0.39 is 6.04 Å². The number of ether oxygens (including phenoxy) is 2. The highest BCUT2D eigenvalue weighted by Crippen LogP contribution is 2.25. The topological polar surface area (TPSA) is 106 Å². The van der Waals surface area contributed by atoms with Crippen molar-refractivity contribution < 1.29 is 19.1 Å². The van der Waals surface area contributed by atoms with E-state index in [1.807, 2.05) is 62.1 Å². The smallest absolute Gasteiger partial charge is 0.330 e. The first kappa shape index (κ1) is 31.3. The van der Waals surface area contributed by atoms with Crippen LogP contribution in [0.5, 0.6) is 0 Å². The van der Waals surface area contributed by atoms with E-state index >= 15 is 0 Å². The quantitative estimate of drug-likeness (QED) is 0.324. The third-order valence-electron chi connectivity index (χ3n) is 6.95. The van der Waals surface area contributed by atoms with Gasteiger partial charge < -0.3 is 24.6 Å². The average Bonchev–Trinajstić information content (AvgIpc) is 2.99. The van der Waals surface area contributed by atoms with Gasteiger partial charge in [0.05, 0.1) is 48.3 Å². The van der Waals surface area contributed by atoms with E-state index in [2.05, 4.69) is 5.32 Å². The molecular formula is C30H35Cl2N5O5. The Kier molecular flexibility index (Phi) is 10.5. The number of carbonyl (C=O) groups is 2. The van der Waals surface area contributed by atoms with Crippen LogP contribution in [-0.4, -0.2) is 72.3 Å². The number of nitrogens with zero attached hydrogens (tertiary/aromatic N) is 4. The maximum Gasteiger partial charge on any atom is 0.330 e. The average molecular weight is 617 g/mol. The van der Waals surface area contributed by atoms with Crippen molar-refractivity contribution in [2.75, 3.05) is 43.6 Å². The Hall–Kier alpha value is -3.60. The molecule has 1 saturated heterocycles. The lowest BCUT2D eigenvalue weighted by atomic mass is 10.1. The van der Waals surface area contributed by atoms with Gasteiger partial charge in [-0.15, -0.1) is 0 Å². The lowest BCUT2D eigenvalue weighted by Crippen LogP contribution is -2.50. The summed E-state index contributed by atoms with van der Waals surface area (Å²) in [4.78, 5) is 45.1. The Balaban J connectivity index is 0.000000385. The van der Waals surface area contributed by atoms with E-state index in [0.29, 0.717) is 65.6 Å². The molecule has 0 radical (unpaired) electrons. The van der Waals surface area contributed by atoms with Crippen LogP contribution in [0.25, 0.3) is 5.69 Å². The van der Waals surface area contributed by atoms with Crippen molar-refractivity contribution in [1.82, 2.24) is 14.5 Å². The highest BCUT2D eigenvalue weighted by atomic mass is 35.5. The summed E-state index contributed by atoms with van der Waals surface area (Å²) in [5.74, 6) is 0.0923. The molecule has 2 aromatic carbocycles. The molecule has 3 heterocycles. The molecule has 1 amide bonds. The lowest BCUT2D eigenvalue weighted by molar-refractivity contribution is -0.144. The molecule has 0 saturated carbocycles. The zero-order valence-corrected chi connectivity index (χ0v) is 25.6. The number of methoxy groups -OCH3 is 1. The number of morpholine rings is 1. The van der Waals surface area contributed by atoms with Crippen molar-refractivity contribution >= 4 is 47.2 Å². The maximum absolute atomic E-state index is 13.5. The molecule has 42 heavy (non-hydrogen) atoms. The number of anilines is 2. The molecule has 2 aliphatic heterocycles. The SMILES string of the molecule is COC(=O)C1COCCN1c1ccc(-n2c(NC(C)C)nc3c(c2=O)CCN(C=O)C3)cc1.Cc1ccc(Cl)c(Cl)c1. The number of aromatic nitrogens is 2. The Labute approximate surface area is 255 Å². The molecule has 1 atom stereocenters. The summed E-state index contributed by atoms with van der Waals surface area (Å²) >= 11 is 11.3. The molecule has 1 N–H and O–H groups in total. The zero-order valence-electron chi connectivity index (χ0n) is 24.1. The zero-order chi connectivity index (χ0) is 30.4. The minimum atomic E-state index is -0.512. The van der Waals surface area contributed by atoms with Crippen LogP contribution in [0.15, 0.2) is 47.3 Å². The molecule has 10 nitrogen and oxygen atoms in total. The minimum absolute atomic E-state index is 0.0559. The second kappa shape index (κ2) is 14.0. The van der Waals surface area contributed by atoms with Gasteiger partial charge in [-0.2, -0.15) is 0 Å². The van der Waals surface area contributed by atoms with Crippen molar-refractivity contribution in [2.24, 2.45) is 0 Å². The predicted octanol–water partition coefficient (Wildman–Crippen LogP) is 4.25. The number of amides is 1. The Bertz CT molecular complexity index is 1480. The number of nitrogens with one attached hydrogen (secondary N) is 1. The van der Waals surface area contributed by atoms with Crippen molar-refractivity contribution in [2.45, 2.75) is 45.8 Å². The van der Waals surface area contributed by atoms with Gasteiger partial charge >= 0.3 is 5.97 Å². The van der Waals surface area contributed by atoms with Crippen LogP contribution in [0.1, 0.15) is 30.7 Å². The fourth-order valence-corrected chi connectivity index (χ4v) is 5.18. The number of carbonyl (C=O) groups excluding carboxylic acids is 2. The molecule has 12 heteroatoms. The molecular weight excluding hydrogens is 581 g/mol. The summed E-state index contributed by atoms with van der Waals surface area (Å²) < 4.78 is 12.0. The summed E-state index contributed by atoms with van der Waals surface area (Å²) in [7, 11) is 1.37. The highest BCUT2D eigenvalue weighted by Gasteiger charge is 2.31. The number of rotatable bonds is 6. The normalized spacial score (nSPS) is 16.3. The number of fused-ring (bicyclic) bond motifs is 1. The van der Waals surface area contributed by atoms with Gasteiger partial charge in [-0.25, -0.2) is 14.3 Å². The molecule has 5 rings (SSSR count). The fraction of sp³-hybridized carbons (Fsp3) is 0.400. The van der Waals surface area contributed by atoms with Gasteiger partial charge in [0.25, 0.3) is 5.56 Å². The summed E-state index contributed by atoms with van der Waals surface area (Å²) in [5, 5.41) is 4.50. The number of esters is 1. The van der Waals surface area contributed by atoms with E-state index in [9.17, 15) is 14.4 Å². The first-order valence-corrected chi connectivity index (χ1v) is 14.4. The van der Waals surface area contributed by atoms with Crippen LogP contribution in [0.3, 0.4) is 0 Å². The second-order valence-corrected chi connectivity index (χ2v) is 11.2. The van der Waals surface area contributed by atoms with E-state index in [-0.39, 0.29) is 24.2 Å². The number of hydrogen-bond donors (Lipinski definition) is 1. The molecule has 0 aliphatic carbocycles. The monoisotopic (exact) mass is 615 g/mol. The Morgan fingerprint density at radius 3 is 2.45 bits per heavy atom. The first-order valence-electron chi connectivity index (χ1n) is 13.7. The van der Waals surface area contributed by atoms with Crippen LogP contribution < -0.4 is 15.8 Å². The molecule has 3 aromatic rings. The summed E-state index contributed by atoms with van der Waals surface area (Å²) in [6.45, 7) is 8.09. The highest BCUT2D eigenvalue weighted by molar-refractivity contribution is 6.42. The van der Waals surface area contributed by atoms with Crippen LogP contribution >= 0.6 is 23.2 Å². The van der Waals surface area contributed by atoms with Gasteiger partial charge in [-0.05, 0) is 69.2 Å². The Morgan fingerprint density at radius 2 is 1.83 bits per heavy atom. The summed E-state index contributed by atoms with van der Waals surface area (Å²) in [6, 6.07) is 12.6. The number of hydrogen-bond acceptors (Lipinski definition) is 8. The second-order valence-electron chi connectivity index (χ2n) is 10.4. The molecule has 1 unspecified atom stereocenters. The van der Waals surface area contributed by atoms with Gasteiger partial charge in [0.2, 0.25) is 12.4 Å². The van der Waals surface area contributed by atoms with Crippen molar-refractivity contribution in [3.05, 3.63) is 79.7 Å². The van der Waals surface area contributed by atoms with E-state index in [0.717, 1.165) is 17.7 Å². The molecule has 0 bridgehead atoms. The van der Waals surface area contributed by atoms with E-state index in [1.165, 1.54) is 7.11 Å². The van der Waals surface area contributed by atoms with E-state index in [4.69, 9.17) is 37.7 Å². The molecule has 224 valence electrons. The van der Waals surface area contributed by atoms with Crippen LogP contribution in [0, 0.1) is 6.92 Å². The van der Waals surface area contributed by atoms with Crippen molar-refractivity contribution in [1.29, 1.82) is 0 Å². The van der Waals surface area contributed by atoms with E-state index in [1.54, 1.807) is 15.5 Å². The molecule has 2 aliphatic rings. The number of halogens is 2. The van der Waals surface area contributed by atoms with Gasteiger partial charge in [0, 0.05) is 30.4 Å². The fourth-order valence-electron chi connectivity index (χ4n) is 4.83. The van der Waals surface area contributed by atoms with Crippen molar-refractivity contribution in [3.63, 3.8) is 0 Å². The largest absolute Gasteiger partial charge is 0.467 e.